The summed E-state index contributed by atoms with van der Waals surface area (Å²) in [6, 6.07) is 3.55. The molecule has 1 aliphatic rings. The zero-order chi connectivity index (χ0) is 13.7. The molecule has 1 aliphatic heterocycles. The number of rotatable bonds is 6. The molecule has 3 N–H and O–H groups in total. The average Bonchev–Trinajstić information content (AvgIpc) is 3.11. The van der Waals surface area contributed by atoms with Gasteiger partial charge in [-0.2, -0.15) is 0 Å². The highest BCUT2D eigenvalue weighted by Gasteiger charge is 2.26. The second-order valence-corrected chi connectivity index (χ2v) is 5.03. The molecule has 2 atom stereocenters. The first kappa shape index (κ1) is 14.1. The van der Waals surface area contributed by atoms with Crippen molar-refractivity contribution >= 4 is 5.91 Å². The fraction of sp³-hybridized carbons (Fsp3) is 0.643. The average molecular weight is 265 g/mol. The Balaban J connectivity index is 1.96. The van der Waals surface area contributed by atoms with E-state index in [2.05, 4.69) is 10.2 Å². The lowest BCUT2D eigenvalue weighted by atomic mass is 10.1. The van der Waals surface area contributed by atoms with Gasteiger partial charge in [0.1, 0.15) is 5.76 Å². The van der Waals surface area contributed by atoms with Crippen LogP contribution in [0.15, 0.2) is 22.8 Å². The first-order chi connectivity index (χ1) is 9.22. The molecule has 0 radical (unpaired) electrons. The first-order valence-electron chi connectivity index (χ1n) is 7.03. The summed E-state index contributed by atoms with van der Waals surface area (Å²) in [6.07, 6.45) is 4.75. The van der Waals surface area contributed by atoms with Crippen LogP contribution in [0, 0.1) is 0 Å². The van der Waals surface area contributed by atoms with Crippen LogP contribution in [0.3, 0.4) is 0 Å². The minimum atomic E-state index is -0.421. The van der Waals surface area contributed by atoms with Gasteiger partial charge < -0.3 is 15.5 Å². The molecule has 0 aliphatic carbocycles. The second kappa shape index (κ2) is 6.73. The van der Waals surface area contributed by atoms with Gasteiger partial charge in [0, 0.05) is 6.54 Å². The quantitative estimate of drug-likeness (QED) is 0.812. The predicted molar refractivity (Wildman–Crippen MR) is 73.5 cm³/mol. The fourth-order valence-electron chi connectivity index (χ4n) is 2.46. The summed E-state index contributed by atoms with van der Waals surface area (Å²) in [5.41, 5.74) is 5.73. The van der Waals surface area contributed by atoms with Gasteiger partial charge in [-0.15, -0.1) is 0 Å². The van der Waals surface area contributed by atoms with Gasteiger partial charge in [0.25, 0.3) is 0 Å². The van der Waals surface area contributed by atoms with E-state index in [1.54, 1.807) is 6.26 Å². The molecule has 2 heterocycles. The van der Waals surface area contributed by atoms with Crippen molar-refractivity contribution in [2.24, 2.45) is 5.73 Å². The lowest BCUT2D eigenvalue weighted by molar-refractivity contribution is -0.122. The first-order valence-corrected chi connectivity index (χ1v) is 7.03. The third-order valence-electron chi connectivity index (χ3n) is 3.70. The normalized spacial score (nSPS) is 19.3. The molecule has 0 spiro atoms. The summed E-state index contributed by atoms with van der Waals surface area (Å²) in [7, 11) is 0. The van der Waals surface area contributed by atoms with Gasteiger partial charge in [-0.3, -0.25) is 9.69 Å². The molecule has 1 fully saturated rings. The van der Waals surface area contributed by atoms with Crippen molar-refractivity contribution in [1.29, 1.82) is 0 Å². The fourth-order valence-corrected chi connectivity index (χ4v) is 2.46. The minimum Gasteiger partial charge on any atom is -0.468 e. The Morgan fingerprint density at radius 3 is 2.84 bits per heavy atom. The lowest BCUT2D eigenvalue weighted by Crippen LogP contribution is -2.44. The van der Waals surface area contributed by atoms with Crippen LogP contribution in [-0.2, 0) is 4.79 Å². The monoisotopic (exact) mass is 265 g/mol. The number of nitrogens with two attached hydrogens (primary N) is 1. The standard InChI is InChI=1S/C14H23N3O2/c1-2-11(15)14(18)16-10-12(13-6-5-9-19-13)17-7-3-4-8-17/h5-6,9,11-12H,2-4,7-8,10,15H2,1H3,(H,16,18)/t11-,12?/m0/s1. The van der Waals surface area contributed by atoms with Crippen LogP contribution in [0.5, 0.6) is 0 Å². The molecule has 0 saturated carbocycles. The van der Waals surface area contributed by atoms with Crippen LogP contribution in [0.4, 0.5) is 0 Å². The van der Waals surface area contributed by atoms with Crippen molar-refractivity contribution in [3.63, 3.8) is 0 Å². The number of amides is 1. The Bertz CT molecular complexity index is 385. The highest BCUT2D eigenvalue weighted by Crippen LogP contribution is 2.24. The van der Waals surface area contributed by atoms with Gasteiger partial charge in [0.05, 0.1) is 18.3 Å². The van der Waals surface area contributed by atoms with Crippen molar-refractivity contribution in [2.75, 3.05) is 19.6 Å². The van der Waals surface area contributed by atoms with E-state index in [-0.39, 0.29) is 11.9 Å². The summed E-state index contributed by atoms with van der Waals surface area (Å²) < 4.78 is 5.50. The maximum Gasteiger partial charge on any atom is 0.236 e. The number of carbonyl (C=O) groups is 1. The molecule has 5 nitrogen and oxygen atoms in total. The van der Waals surface area contributed by atoms with Gasteiger partial charge >= 0.3 is 0 Å². The molecular formula is C14H23N3O2. The van der Waals surface area contributed by atoms with Crippen LogP contribution >= 0.6 is 0 Å². The van der Waals surface area contributed by atoms with Crippen LogP contribution in [-0.4, -0.2) is 36.5 Å². The Morgan fingerprint density at radius 2 is 2.26 bits per heavy atom. The summed E-state index contributed by atoms with van der Waals surface area (Å²) >= 11 is 0. The summed E-state index contributed by atoms with van der Waals surface area (Å²) in [6.45, 7) is 4.58. The summed E-state index contributed by atoms with van der Waals surface area (Å²) in [4.78, 5) is 14.1. The number of carbonyl (C=O) groups excluding carboxylic acids is 1. The Morgan fingerprint density at radius 1 is 1.53 bits per heavy atom. The summed E-state index contributed by atoms with van der Waals surface area (Å²) in [5.74, 6) is 0.825. The van der Waals surface area contributed by atoms with Crippen LogP contribution in [0.25, 0.3) is 0 Å². The van der Waals surface area contributed by atoms with E-state index >= 15 is 0 Å². The van der Waals surface area contributed by atoms with Crippen LogP contribution in [0.2, 0.25) is 0 Å². The molecule has 1 saturated heterocycles. The van der Waals surface area contributed by atoms with E-state index in [1.165, 1.54) is 12.8 Å². The lowest BCUT2D eigenvalue weighted by Gasteiger charge is -2.26. The van der Waals surface area contributed by atoms with E-state index < -0.39 is 6.04 Å². The number of nitrogens with zero attached hydrogens (tertiary/aromatic N) is 1. The number of nitrogens with one attached hydrogen (secondary N) is 1. The maximum absolute atomic E-state index is 11.8. The van der Waals surface area contributed by atoms with Crippen molar-refractivity contribution in [3.05, 3.63) is 24.2 Å². The molecule has 106 valence electrons. The number of furan rings is 1. The van der Waals surface area contributed by atoms with Gasteiger partial charge in [-0.25, -0.2) is 0 Å². The van der Waals surface area contributed by atoms with Gasteiger partial charge in [-0.05, 0) is 44.5 Å². The second-order valence-electron chi connectivity index (χ2n) is 5.03. The Hall–Kier alpha value is -1.33. The Kier molecular flexibility index (Phi) is 4.99. The zero-order valence-corrected chi connectivity index (χ0v) is 11.5. The largest absolute Gasteiger partial charge is 0.468 e. The third kappa shape index (κ3) is 3.58. The van der Waals surface area contributed by atoms with Crippen LogP contribution in [0.1, 0.15) is 38.0 Å². The van der Waals surface area contributed by atoms with Crippen molar-refractivity contribution < 1.29 is 9.21 Å². The summed E-state index contributed by atoms with van der Waals surface area (Å²) in [5, 5.41) is 2.93. The highest BCUT2D eigenvalue weighted by atomic mass is 16.3. The molecule has 1 amide bonds. The van der Waals surface area contributed by atoms with E-state index in [0.29, 0.717) is 13.0 Å². The molecule has 5 heteroatoms. The van der Waals surface area contributed by atoms with Crippen molar-refractivity contribution in [1.82, 2.24) is 10.2 Å². The molecule has 19 heavy (non-hydrogen) atoms. The molecule has 1 aromatic heterocycles. The van der Waals surface area contributed by atoms with Crippen LogP contribution < -0.4 is 11.1 Å². The number of hydrogen-bond acceptors (Lipinski definition) is 4. The van der Waals surface area contributed by atoms with Gasteiger partial charge in [-0.1, -0.05) is 6.92 Å². The highest BCUT2D eigenvalue weighted by molar-refractivity contribution is 5.81. The van der Waals surface area contributed by atoms with E-state index in [0.717, 1.165) is 18.8 Å². The number of likely N-dealkylation sites (tertiary alicyclic amines) is 1. The molecule has 2 rings (SSSR count). The predicted octanol–water partition coefficient (Wildman–Crippen LogP) is 1.27. The van der Waals surface area contributed by atoms with E-state index in [4.69, 9.17) is 10.2 Å². The van der Waals surface area contributed by atoms with Gasteiger partial charge in [0.15, 0.2) is 0 Å². The smallest absolute Gasteiger partial charge is 0.236 e. The molecule has 0 bridgehead atoms. The van der Waals surface area contributed by atoms with Gasteiger partial charge in [0.2, 0.25) is 5.91 Å². The molecule has 0 aromatic carbocycles. The molecular weight excluding hydrogens is 242 g/mol. The van der Waals surface area contributed by atoms with E-state index in [1.807, 2.05) is 19.1 Å². The Labute approximate surface area is 114 Å². The van der Waals surface area contributed by atoms with E-state index in [9.17, 15) is 4.79 Å². The zero-order valence-electron chi connectivity index (χ0n) is 11.5. The maximum atomic E-state index is 11.8. The van der Waals surface area contributed by atoms with Crippen molar-refractivity contribution in [3.8, 4) is 0 Å². The minimum absolute atomic E-state index is 0.0850. The van der Waals surface area contributed by atoms with Crippen molar-refractivity contribution in [2.45, 2.75) is 38.3 Å². The topological polar surface area (TPSA) is 71.5 Å². The third-order valence-corrected chi connectivity index (χ3v) is 3.70. The SMILES string of the molecule is CC[C@H](N)C(=O)NCC(c1ccco1)N1CCCC1. The molecule has 1 unspecified atom stereocenters. The molecule has 1 aromatic rings. The number of hydrogen-bond donors (Lipinski definition) is 2.